The number of benzene rings is 1. The SMILES string of the molecule is CNCC(C)S(=O)(=O)N(C)C(C)c1ccccc1F. The Bertz CT molecular complexity index is 519. The minimum Gasteiger partial charge on any atom is -0.318 e. The predicted octanol–water partition coefficient (Wildman–Crippen LogP) is 1.76. The topological polar surface area (TPSA) is 49.4 Å². The average Bonchev–Trinajstić information content (AvgIpc) is 2.37. The summed E-state index contributed by atoms with van der Waals surface area (Å²) < 4.78 is 39.6. The van der Waals surface area contributed by atoms with Gasteiger partial charge in [0.1, 0.15) is 5.82 Å². The molecule has 0 aliphatic carbocycles. The summed E-state index contributed by atoms with van der Waals surface area (Å²) in [6.45, 7) is 3.68. The van der Waals surface area contributed by atoms with E-state index < -0.39 is 27.1 Å². The second-order valence-electron chi connectivity index (χ2n) is 4.63. The van der Waals surface area contributed by atoms with Crippen molar-refractivity contribution in [3.8, 4) is 0 Å². The third-order valence-corrected chi connectivity index (χ3v) is 5.60. The van der Waals surface area contributed by atoms with Crippen LogP contribution in [-0.4, -0.2) is 38.6 Å². The molecule has 4 nitrogen and oxygen atoms in total. The summed E-state index contributed by atoms with van der Waals surface area (Å²) in [7, 11) is -0.276. The van der Waals surface area contributed by atoms with E-state index in [1.165, 1.54) is 17.4 Å². The standard InChI is InChI=1S/C13H21FN2O2S/c1-10(9-15-3)19(17,18)16(4)11(2)12-7-5-6-8-13(12)14/h5-8,10-11,15H,9H2,1-4H3. The van der Waals surface area contributed by atoms with Crippen molar-refractivity contribution in [3.05, 3.63) is 35.6 Å². The summed E-state index contributed by atoms with van der Waals surface area (Å²) >= 11 is 0. The molecule has 0 aliphatic heterocycles. The molecule has 0 radical (unpaired) electrons. The van der Waals surface area contributed by atoms with Gasteiger partial charge in [0.25, 0.3) is 0 Å². The third-order valence-electron chi connectivity index (χ3n) is 3.30. The third kappa shape index (κ3) is 3.52. The van der Waals surface area contributed by atoms with Crippen LogP contribution in [0.3, 0.4) is 0 Å². The maximum absolute atomic E-state index is 13.7. The lowest BCUT2D eigenvalue weighted by molar-refractivity contribution is 0.381. The summed E-state index contributed by atoms with van der Waals surface area (Å²) in [6.07, 6.45) is 0. The Balaban J connectivity index is 3.00. The minimum atomic E-state index is -3.46. The van der Waals surface area contributed by atoms with E-state index in [-0.39, 0.29) is 0 Å². The van der Waals surface area contributed by atoms with Crippen molar-refractivity contribution in [2.45, 2.75) is 25.1 Å². The predicted molar refractivity (Wildman–Crippen MR) is 74.9 cm³/mol. The molecule has 0 amide bonds. The molecule has 0 heterocycles. The lowest BCUT2D eigenvalue weighted by Gasteiger charge is -2.27. The van der Waals surface area contributed by atoms with E-state index in [4.69, 9.17) is 0 Å². The van der Waals surface area contributed by atoms with Crippen molar-refractivity contribution >= 4 is 10.0 Å². The fraction of sp³-hybridized carbons (Fsp3) is 0.538. The first-order chi connectivity index (χ1) is 8.82. The van der Waals surface area contributed by atoms with Gasteiger partial charge in [-0.2, -0.15) is 4.31 Å². The van der Waals surface area contributed by atoms with E-state index in [0.717, 1.165) is 0 Å². The highest BCUT2D eigenvalue weighted by atomic mass is 32.2. The van der Waals surface area contributed by atoms with Crippen LogP contribution in [0.2, 0.25) is 0 Å². The van der Waals surface area contributed by atoms with Gasteiger partial charge in [-0.05, 0) is 27.0 Å². The molecular formula is C13H21FN2O2S. The number of halogens is 1. The van der Waals surface area contributed by atoms with Gasteiger partial charge in [-0.25, -0.2) is 12.8 Å². The van der Waals surface area contributed by atoms with Crippen molar-refractivity contribution < 1.29 is 12.8 Å². The van der Waals surface area contributed by atoms with E-state index >= 15 is 0 Å². The van der Waals surface area contributed by atoms with Gasteiger partial charge in [0.15, 0.2) is 0 Å². The smallest absolute Gasteiger partial charge is 0.218 e. The molecule has 0 saturated carbocycles. The maximum atomic E-state index is 13.7. The van der Waals surface area contributed by atoms with Crippen LogP contribution < -0.4 is 5.32 Å². The first-order valence-corrected chi connectivity index (χ1v) is 7.68. The Morgan fingerprint density at radius 2 is 1.89 bits per heavy atom. The first kappa shape index (κ1) is 16.1. The van der Waals surface area contributed by atoms with Crippen molar-refractivity contribution in [3.63, 3.8) is 0 Å². The zero-order valence-electron chi connectivity index (χ0n) is 11.7. The van der Waals surface area contributed by atoms with Gasteiger partial charge in [0.05, 0.1) is 5.25 Å². The Morgan fingerprint density at radius 1 is 1.32 bits per heavy atom. The largest absolute Gasteiger partial charge is 0.318 e. The van der Waals surface area contributed by atoms with Gasteiger partial charge in [0.2, 0.25) is 10.0 Å². The van der Waals surface area contributed by atoms with Crippen LogP contribution in [0.15, 0.2) is 24.3 Å². The molecule has 1 aromatic carbocycles. The van der Waals surface area contributed by atoms with Gasteiger partial charge in [-0.3, -0.25) is 0 Å². The fourth-order valence-corrected chi connectivity index (χ4v) is 3.41. The fourth-order valence-electron chi connectivity index (χ4n) is 1.91. The molecule has 19 heavy (non-hydrogen) atoms. The summed E-state index contributed by atoms with van der Waals surface area (Å²) in [6, 6.07) is 5.69. The molecule has 0 aromatic heterocycles. The molecule has 0 saturated heterocycles. The van der Waals surface area contributed by atoms with Crippen molar-refractivity contribution in [1.82, 2.24) is 9.62 Å². The zero-order valence-corrected chi connectivity index (χ0v) is 12.5. The first-order valence-electron chi connectivity index (χ1n) is 6.18. The van der Waals surface area contributed by atoms with Crippen LogP contribution in [0, 0.1) is 5.82 Å². The van der Waals surface area contributed by atoms with Crippen LogP contribution in [0.5, 0.6) is 0 Å². The van der Waals surface area contributed by atoms with Gasteiger partial charge in [-0.15, -0.1) is 0 Å². The van der Waals surface area contributed by atoms with Crippen LogP contribution in [0.25, 0.3) is 0 Å². The van der Waals surface area contributed by atoms with Gasteiger partial charge in [0, 0.05) is 25.2 Å². The molecule has 0 aliphatic rings. The quantitative estimate of drug-likeness (QED) is 0.867. The number of sulfonamides is 1. The molecule has 108 valence electrons. The van der Waals surface area contributed by atoms with Crippen molar-refractivity contribution in [2.75, 3.05) is 20.6 Å². The van der Waals surface area contributed by atoms with Gasteiger partial charge in [-0.1, -0.05) is 18.2 Å². The number of rotatable bonds is 6. The monoisotopic (exact) mass is 288 g/mol. The number of nitrogens with one attached hydrogen (secondary N) is 1. The number of nitrogens with zero attached hydrogens (tertiary/aromatic N) is 1. The average molecular weight is 288 g/mol. The van der Waals surface area contributed by atoms with E-state index in [2.05, 4.69) is 5.32 Å². The zero-order chi connectivity index (χ0) is 14.6. The van der Waals surface area contributed by atoms with Crippen LogP contribution in [0.1, 0.15) is 25.5 Å². The van der Waals surface area contributed by atoms with Crippen molar-refractivity contribution in [2.24, 2.45) is 0 Å². The summed E-state index contributed by atoms with van der Waals surface area (Å²) in [4.78, 5) is 0. The normalized spacial score (nSPS) is 15.5. The molecule has 6 heteroatoms. The molecule has 0 spiro atoms. The molecule has 1 aromatic rings. The molecule has 2 atom stereocenters. The van der Waals surface area contributed by atoms with Gasteiger partial charge < -0.3 is 5.32 Å². The molecular weight excluding hydrogens is 267 g/mol. The van der Waals surface area contributed by atoms with E-state index in [1.54, 1.807) is 39.1 Å². The Morgan fingerprint density at radius 3 is 2.42 bits per heavy atom. The number of hydrogen-bond donors (Lipinski definition) is 1. The van der Waals surface area contributed by atoms with E-state index in [1.807, 2.05) is 0 Å². The van der Waals surface area contributed by atoms with E-state index in [0.29, 0.717) is 12.1 Å². The van der Waals surface area contributed by atoms with E-state index in [9.17, 15) is 12.8 Å². The highest BCUT2D eigenvalue weighted by molar-refractivity contribution is 7.89. The highest BCUT2D eigenvalue weighted by Gasteiger charge is 2.30. The summed E-state index contributed by atoms with van der Waals surface area (Å²) in [5, 5.41) is 2.28. The summed E-state index contributed by atoms with van der Waals surface area (Å²) in [5.74, 6) is -0.390. The second kappa shape index (κ2) is 6.45. The molecule has 1 rings (SSSR count). The minimum absolute atomic E-state index is 0.358. The van der Waals surface area contributed by atoms with Crippen LogP contribution >= 0.6 is 0 Å². The van der Waals surface area contributed by atoms with Gasteiger partial charge >= 0.3 is 0 Å². The Labute approximate surface area is 114 Å². The lowest BCUT2D eigenvalue weighted by atomic mass is 10.1. The molecule has 2 unspecified atom stereocenters. The highest BCUT2D eigenvalue weighted by Crippen LogP contribution is 2.25. The molecule has 0 fully saturated rings. The van der Waals surface area contributed by atoms with Crippen LogP contribution in [0.4, 0.5) is 4.39 Å². The Kier molecular flexibility index (Phi) is 5.46. The Hall–Kier alpha value is -0.980. The molecule has 1 N–H and O–H groups in total. The number of hydrogen-bond acceptors (Lipinski definition) is 3. The second-order valence-corrected chi connectivity index (χ2v) is 7.04. The summed E-state index contributed by atoms with van der Waals surface area (Å²) in [5.41, 5.74) is 0.380. The molecule has 0 bridgehead atoms. The lowest BCUT2D eigenvalue weighted by Crippen LogP contribution is -2.40. The van der Waals surface area contributed by atoms with Crippen LogP contribution in [-0.2, 0) is 10.0 Å². The van der Waals surface area contributed by atoms with Crippen molar-refractivity contribution in [1.29, 1.82) is 0 Å². The maximum Gasteiger partial charge on any atom is 0.218 e.